The van der Waals surface area contributed by atoms with Crippen LogP contribution >= 0.6 is 0 Å². The van der Waals surface area contributed by atoms with Crippen molar-refractivity contribution in [3.8, 4) is 17.1 Å². The van der Waals surface area contributed by atoms with Crippen LogP contribution in [0.5, 0.6) is 5.75 Å². The summed E-state index contributed by atoms with van der Waals surface area (Å²) < 4.78 is 5.74. The number of aryl methyl sites for hydroxylation is 1. The third-order valence-corrected chi connectivity index (χ3v) is 4.41. The van der Waals surface area contributed by atoms with E-state index in [1.54, 1.807) is 7.05 Å². The van der Waals surface area contributed by atoms with Crippen molar-refractivity contribution in [3.05, 3.63) is 82.3 Å². The Kier molecular flexibility index (Phi) is 6.22. The van der Waals surface area contributed by atoms with Gasteiger partial charge in [-0.15, -0.1) is 0 Å². The van der Waals surface area contributed by atoms with E-state index in [9.17, 15) is 9.59 Å². The zero-order valence-electron chi connectivity index (χ0n) is 16.0. The normalized spacial score (nSPS) is 10.5. The number of nitrogens with one attached hydrogen (secondary N) is 1. The highest BCUT2D eigenvalue weighted by molar-refractivity contribution is 5.93. The highest BCUT2D eigenvalue weighted by Gasteiger charge is 2.16. The Morgan fingerprint density at radius 3 is 2.54 bits per heavy atom. The lowest BCUT2D eigenvalue weighted by atomic mass is 10.2. The summed E-state index contributed by atoms with van der Waals surface area (Å²) in [5.74, 6) is 0.925. The second-order valence-electron chi connectivity index (χ2n) is 6.53. The molecule has 0 bridgehead atoms. The van der Waals surface area contributed by atoms with Crippen molar-refractivity contribution < 1.29 is 9.53 Å². The van der Waals surface area contributed by atoms with E-state index in [2.05, 4.69) is 9.97 Å². The van der Waals surface area contributed by atoms with Crippen LogP contribution in [0.15, 0.2) is 65.6 Å². The van der Waals surface area contributed by atoms with E-state index in [-0.39, 0.29) is 11.5 Å². The van der Waals surface area contributed by atoms with Crippen LogP contribution in [0.3, 0.4) is 0 Å². The molecule has 0 saturated heterocycles. The van der Waals surface area contributed by atoms with Crippen molar-refractivity contribution in [2.75, 3.05) is 20.2 Å². The molecule has 1 N–H and O–H groups in total. The zero-order chi connectivity index (χ0) is 19.9. The maximum Gasteiger partial charge on any atom is 0.264 e. The highest BCUT2D eigenvalue weighted by Crippen LogP contribution is 2.16. The van der Waals surface area contributed by atoms with E-state index in [1.807, 2.05) is 61.5 Å². The van der Waals surface area contributed by atoms with Gasteiger partial charge in [0.1, 0.15) is 17.1 Å². The lowest BCUT2D eigenvalue weighted by Crippen LogP contribution is -2.33. The summed E-state index contributed by atoms with van der Waals surface area (Å²) in [4.78, 5) is 33.3. The number of H-pyrrole nitrogens is 1. The summed E-state index contributed by atoms with van der Waals surface area (Å²) in [5.41, 5.74) is 1.45. The minimum atomic E-state index is -0.443. The smallest absolute Gasteiger partial charge is 0.264 e. The lowest BCUT2D eigenvalue weighted by molar-refractivity contribution is 0.0785. The number of benzene rings is 2. The molecule has 0 atom stereocenters. The van der Waals surface area contributed by atoms with Crippen LogP contribution in [0.25, 0.3) is 11.4 Å². The minimum Gasteiger partial charge on any atom is -0.493 e. The number of carbonyl (C=O) groups excluding carboxylic acids is 1. The van der Waals surface area contributed by atoms with Crippen LogP contribution in [-0.4, -0.2) is 41.0 Å². The molecule has 1 amide bonds. The number of aromatic amines is 1. The van der Waals surface area contributed by atoms with Gasteiger partial charge in [-0.1, -0.05) is 48.5 Å². The molecule has 0 spiro atoms. The molecule has 3 rings (SSSR count). The average Bonchev–Trinajstić information content (AvgIpc) is 2.72. The molecule has 0 fully saturated rings. The molecule has 0 unspecified atom stereocenters. The first-order valence-electron chi connectivity index (χ1n) is 9.15. The maximum atomic E-state index is 12.6. The van der Waals surface area contributed by atoms with Gasteiger partial charge in [-0.3, -0.25) is 9.59 Å². The topological polar surface area (TPSA) is 75.3 Å². The number of hydrogen-bond donors (Lipinski definition) is 1. The predicted octanol–water partition coefficient (Wildman–Crippen LogP) is 3.29. The van der Waals surface area contributed by atoms with Gasteiger partial charge in [0.25, 0.3) is 11.5 Å². The largest absolute Gasteiger partial charge is 0.493 e. The number of hydrogen-bond acceptors (Lipinski definition) is 4. The van der Waals surface area contributed by atoms with E-state index in [0.29, 0.717) is 25.4 Å². The molecule has 0 saturated carbocycles. The molecule has 28 heavy (non-hydrogen) atoms. The van der Waals surface area contributed by atoms with E-state index < -0.39 is 5.56 Å². The Balaban J connectivity index is 1.57. The number of nitrogens with zero attached hydrogens (tertiary/aromatic N) is 2. The first kappa shape index (κ1) is 19.4. The first-order chi connectivity index (χ1) is 13.6. The van der Waals surface area contributed by atoms with E-state index >= 15 is 0 Å². The second-order valence-corrected chi connectivity index (χ2v) is 6.53. The molecule has 0 aliphatic heterocycles. The summed E-state index contributed by atoms with van der Waals surface area (Å²) in [5, 5.41) is 0. The van der Waals surface area contributed by atoms with Gasteiger partial charge in [-0.2, -0.15) is 0 Å². The van der Waals surface area contributed by atoms with Crippen LogP contribution in [-0.2, 0) is 0 Å². The molecule has 2 aromatic carbocycles. The Bertz CT molecular complexity index is 999. The van der Waals surface area contributed by atoms with Gasteiger partial charge in [-0.05, 0) is 25.0 Å². The maximum absolute atomic E-state index is 12.6. The molecule has 0 aliphatic rings. The summed E-state index contributed by atoms with van der Waals surface area (Å²) in [6.07, 6.45) is 1.99. The van der Waals surface area contributed by atoms with Crippen molar-refractivity contribution in [2.24, 2.45) is 0 Å². The van der Waals surface area contributed by atoms with Crippen molar-refractivity contribution >= 4 is 5.91 Å². The number of para-hydroxylation sites is 1. The highest BCUT2D eigenvalue weighted by atomic mass is 16.5. The summed E-state index contributed by atoms with van der Waals surface area (Å²) in [7, 11) is 1.67. The van der Waals surface area contributed by atoms with Crippen LogP contribution in [0.2, 0.25) is 0 Å². The minimum absolute atomic E-state index is 0.0296. The van der Waals surface area contributed by atoms with Crippen LogP contribution in [0.4, 0.5) is 0 Å². The third-order valence-electron chi connectivity index (χ3n) is 4.41. The molecule has 1 heterocycles. The molecule has 0 radical (unpaired) electrons. The second kappa shape index (κ2) is 8.99. The fourth-order valence-corrected chi connectivity index (χ4v) is 2.80. The number of rotatable bonds is 7. The van der Waals surface area contributed by atoms with Crippen molar-refractivity contribution in [2.45, 2.75) is 13.3 Å². The van der Waals surface area contributed by atoms with Gasteiger partial charge in [0.05, 0.1) is 6.61 Å². The average molecular weight is 377 g/mol. The summed E-state index contributed by atoms with van der Waals surface area (Å²) >= 11 is 0. The lowest BCUT2D eigenvalue weighted by Gasteiger charge is -2.17. The summed E-state index contributed by atoms with van der Waals surface area (Å²) in [6, 6.07) is 17.1. The van der Waals surface area contributed by atoms with Gasteiger partial charge in [-0.25, -0.2) is 4.98 Å². The predicted molar refractivity (Wildman–Crippen MR) is 109 cm³/mol. The zero-order valence-corrected chi connectivity index (χ0v) is 16.0. The SMILES string of the molecule is Cc1ccccc1OCCCN(C)C(=O)c1cnc(-c2ccccc2)[nH]c1=O. The van der Waals surface area contributed by atoms with Gasteiger partial charge in [0, 0.05) is 25.4 Å². The molecule has 1 aromatic heterocycles. The molecule has 6 heteroatoms. The first-order valence-corrected chi connectivity index (χ1v) is 9.15. The Hall–Kier alpha value is -3.41. The van der Waals surface area contributed by atoms with E-state index in [4.69, 9.17) is 4.74 Å². The van der Waals surface area contributed by atoms with Crippen molar-refractivity contribution in [3.63, 3.8) is 0 Å². The Labute approximate surface area is 163 Å². The van der Waals surface area contributed by atoms with Gasteiger partial charge >= 0.3 is 0 Å². The summed E-state index contributed by atoms with van der Waals surface area (Å²) in [6.45, 7) is 2.96. The standard InChI is InChI=1S/C22H23N3O3/c1-16-9-6-7-12-19(16)28-14-8-13-25(2)22(27)18-15-23-20(24-21(18)26)17-10-4-3-5-11-17/h3-7,9-12,15H,8,13-14H2,1-2H3,(H,23,24,26). The van der Waals surface area contributed by atoms with E-state index in [0.717, 1.165) is 16.9 Å². The quantitative estimate of drug-likeness (QED) is 0.641. The Morgan fingerprint density at radius 2 is 1.82 bits per heavy atom. The molecule has 3 aromatic rings. The number of ether oxygens (including phenoxy) is 1. The molecule has 0 aliphatic carbocycles. The van der Waals surface area contributed by atoms with Gasteiger partial charge in [0.2, 0.25) is 0 Å². The fraction of sp³-hybridized carbons (Fsp3) is 0.227. The van der Waals surface area contributed by atoms with E-state index in [1.165, 1.54) is 11.1 Å². The molecule has 6 nitrogen and oxygen atoms in total. The third kappa shape index (κ3) is 4.65. The van der Waals surface area contributed by atoms with Crippen LogP contribution < -0.4 is 10.3 Å². The van der Waals surface area contributed by atoms with Crippen molar-refractivity contribution in [1.29, 1.82) is 0 Å². The fourth-order valence-electron chi connectivity index (χ4n) is 2.80. The Morgan fingerprint density at radius 1 is 1.11 bits per heavy atom. The molecular weight excluding hydrogens is 354 g/mol. The van der Waals surface area contributed by atoms with Crippen LogP contribution in [0.1, 0.15) is 22.3 Å². The van der Waals surface area contributed by atoms with Gasteiger partial charge < -0.3 is 14.6 Å². The van der Waals surface area contributed by atoms with Crippen LogP contribution in [0, 0.1) is 6.92 Å². The molecular formula is C22H23N3O3. The monoisotopic (exact) mass is 377 g/mol. The number of aromatic nitrogens is 2. The number of carbonyl (C=O) groups is 1. The van der Waals surface area contributed by atoms with Crippen molar-refractivity contribution in [1.82, 2.24) is 14.9 Å². The van der Waals surface area contributed by atoms with Gasteiger partial charge in [0.15, 0.2) is 0 Å². The number of amides is 1. The molecule has 144 valence electrons.